The number of benzene rings is 3. The molecule has 0 saturated carbocycles. The zero-order valence-corrected chi connectivity index (χ0v) is 17.7. The summed E-state index contributed by atoms with van der Waals surface area (Å²) >= 11 is 0. The average Bonchev–Trinajstić information content (AvgIpc) is 2.70. The van der Waals surface area contributed by atoms with Crippen LogP contribution >= 0.6 is 0 Å². The lowest BCUT2D eigenvalue weighted by atomic mass is 10.2. The largest absolute Gasteiger partial charge is 0.375 e. The molecule has 3 rings (SSSR count). The van der Waals surface area contributed by atoms with Gasteiger partial charge in [-0.1, -0.05) is 36.4 Å². The maximum atomic E-state index is 15.0. The van der Waals surface area contributed by atoms with Gasteiger partial charge in [0.25, 0.3) is 10.0 Å². The Hall–Kier alpha value is -3.06. The van der Waals surface area contributed by atoms with Crippen molar-refractivity contribution < 1.29 is 12.8 Å². The summed E-state index contributed by atoms with van der Waals surface area (Å²) in [7, 11) is 2.96. The fourth-order valence-corrected chi connectivity index (χ4v) is 4.53. The van der Waals surface area contributed by atoms with E-state index in [2.05, 4.69) is 0 Å². The SMILES string of the molecule is CN(C)c1cc(N(c2ccccc2)S(=O)(=O)c2ccccc2)cc(N(C)C)c1F. The zero-order chi connectivity index (χ0) is 21.2. The molecule has 3 aromatic rings. The quantitative estimate of drug-likeness (QED) is 0.598. The van der Waals surface area contributed by atoms with E-state index in [0.717, 1.165) is 0 Å². The number of hydrogen-bond donors (Lipinski definition) is 0. The molecule has 152 valence electrons. The molecule has 0 aliphatic carbocycles. The van der Waals surface area contributed by atoms with Gasteiger partial charge in [-0.05, 0) is 36.4 Å². The van der Waals surface area contributed by atoms with E-state index in [1.54, 1.807) is 105 Å². The van der Waals surface area contributed by atoms with E-state index >= 15 is 0 Å². The fourth-order valence-electron chi connectivity index (χ4n) is 3.04. The van der Waals surface area contributed by atoms with Gasteiger partial charge in [-0.15, -0.1) is 0 Å². The Morgan fingerprint density at radius 3 is 1.59 bits per heavy atom. The third-order valence-electron chi connectivity index (χ3n) is 4.49. The maximum absolute atomic E-state index is 15.0. The summed E-state index contributed by atoms with van der Waals surface area (Å²) in [6.07, 6.45) is 0. The van der Waals surface area contributed by atoms with E-state index in [4.69, 9.17) is 0 Å². The molecule has 0 spiro atoms. The Bertz CT molecular complexity index is 1060. The fraction of sp³-hybridized carbons (Fsp3) is 0.182. The van der Waals surface area contributed by atoms with Crippen molar-refractivity contribution in [2.24, 2.45) is 0 Å². The molecule has 0 amide bonds. The second-order valence-electron chi connectivity index (χ2n) is 7.00. The van der Waals surface area contributed by atoms with Gasteiger partial charge in [-0.3, -0.25) is 0 Å². The highest BCUT2D eigenvalue weighted by Crippen LogP contribution is 2.38. The molecule has 7 heteroatoms. The number of halogens is 1. The molecular formula is C22H24FN3O2S. The first-order valence-corrected chi connectivity index (χ1v) is 10.5. The van der Waals surface area contributed by atoms with Crippen molar-refractivity contribution in [2.75, 3.05) is 42.3 Å². The second-order valence-corrected chi connectivity index (χ2v) is 8.79. The van der Waals surface area contributed by atoms with Crippen molar-refractivity contribution in [3.05, 3.63) is 78.6 Å². The van der Waals surface area contributed by atoms with E-state index in [0.29, 0.717) is 22.7 Å². The first-order chi connectivity index (χ1) is 13.7. The van der Waals surface area contributed by atoms with Gasteiger partial charge in [-0.2, -0.15) is 0 Å². The van der Waals surface area contributed by atoms with Crippen LogP contribution in [0.2, 0.25) is 0 Å². The van der Waals surface area contributed by atoms with Gasteiger partial charge < -0.3 is 9.80 Å². The van der Waals surface area contributed by atoms with Crippen LogP contribution in [0.3, 0.4) is 0 Å². The molecule has 0 saturated heterocycles. The first kappa shape index (κ1) is 20.7. The zero-order valence-electron chi connectivity index (χ0n) is 16.9. The Labute approximate surface area is 171 Å². The predicted molar refractivity (Wildman–Crippen MR) is 117 cm³/mol. The van der Waals surface area contributed by atoms with E-state index in [9.17, 15) is 12.8 Å². The Morgan fingerprint density at radius 2 is 1.14 bits per heavy atom. The van der Waals surface area contributed by atoms with E-state index in [1.807, 2.05) is 6.07 Å². The van der Waals surface area contributed by atoms with Gasteiger partial charge in [0.05, 0.1) is 27.6 Å². The van der Waals surface area contributed by atoms with Crippen molar-refractivity contribution in [1.82, 2.24) is 0 Å². The molecule has 0 N–H and O–H groups in total. The van der Waals surface area contributed by atoms with Crippen molar-refractivity contribution >= 4 is 32.8 Å². The minimum absolute atomic E-state index is 0.158. The first-order valence-electron chi connectivity index (χ1n) is 9.07. The number of sulfonamides is 1. The van der Waals surface area contributed by atoms with Crippen LogP contribution in [0, 0.1) is 5.82 Å². The number of nitrogens with zero attached hydrogens (tertiary/aromatic N) is 3. The summed E-state index contributed by atoms with van der Waals surface area (Å²) in [6.45, 7) is 0. The van der Waals surface area contributed by atoms with E-state index in [-0.39, 0.29) is 4.90 Å². The van der Waals surface area contributed by atoms with Crippen LogP contribution in [0.1, 0.15) is 0 Å². The predicted octanol–water partition coefficient (Wildman–Crippen LogP) is 4.48. The lowest BCUT2D eigenvalue weighted by Crippen LogP contribution is -2.27. The van der Waals surface area contributed by atoms with Crippen LogP contribution in [0.15, 0.2) is 77.7 Å². The maximum Gasteiger partial charge on any atom is 0.268 e. The summed E-state index contributed by atoms with van der Waals surface area (Å²) in [6, 6.07) is 20.1. The third-order valence-corrected chi connectivity index (χ3v) is 6.26. The van der Waals surface area contributed by atoms with Crippen LogP contribution in [-0.4, -0.2) is 36.6 Å². The standard InChI is InChI=1S/C22H24FN3O2S/c1-24(2)20-15-18(16-21(22(20)23)25(3)4)26(17-11-7-5-8-12-17)29(27,28)19-13-9-6-10-14-19/h5-16H,1-4H3. The third kappa shape index (κ3) is 4.05. The van der Waals surface area contributed by atoms with Crippen LogP contribution < -0.4 is 14.1 Å². The topological polar surface area (TPSA) is 43.9 Å². The van der Waals surface area contributed by atoms with E-state index in [1.165, 1.54) is 4.31 Å². The van der Waals surface area contributed by atoms with Gasteiger partial charge in [-0.25, -0.2) is 17.1 Å². The van der Waals surface area contributed by atoms with Crippen molar-refractivity contribution in [3.8, 4) is 0 Å². The highest BCUT2D eigenvalue weighted by Gasteiger charge is 2.28. The normalized spacial score (nSPS) is 11.2. The molecule has 0 fully saturated rings. The molecule has 5 nitrogen and oxygen atoms in total. The van der Waals surface area contributed by atoms with Gasteiger partial charge in [0.2, 0.25) is 0 Å². The Morgan fingerprint density at radius 1 is 0.690 bits per heavy atom. The average molecular weight is 414 g/mol. The monoisotopic (exact) mass is 413 g/mol. The van der Waals surface area contributed by atoms with Crippen molar-refractivity contribution in [1.29, 1.82) is 0 Å². The number of rotatable bonds is 6. The molecule has 29 heavy (non-hydrogen) atoms. The summed E-state index contributed by atoms with van der Waals surface area (Å²) in [5.41, 5.74) is 1.43. The van der Waals surface area contributed by atoms with E-state index < -0.39 is 15.8 Å². The molecular weight excluding hydrogens is 389 g/mol. The van der Waals surface area contributed by atoms with Crippen LogP contribution in [0.4, 0.5) is 27.1 Å². The lowest BCUT2D eigenvalue weighted by molar-refractivity contribution is 0.596. The van der Waals surface area contributed by atoms with Crippen molar-refractivity contribution in [3.63, 3.8) is 0 Å². The molecule has 0 unspecified atom stereocenters. The van der Waals surface area contributed by atoms with Crippen LogP contribution in [-0.2, 0) is 10.0 Å². The highest BCUT2D eigenvalue weighted by atomic mass is 32.2. The molecule has 0 aliphatic heterocycles. The second kappa shape index (κ2) is 8.13. The number of anilines is 4. The minimum atomic E-state index is -3.93. The molecule has 0 radical (unpaired) electrons. The van der Waals surface area contributed by atoms with Crippen LogP contribution in [0.5, 0.6) is 0 Å². The van der Waals surface area contributed by atoms with Gasteiger partial charge in [0.15, 0.2) is 5.82 Å². The van der Waals surface area contributed by atoms with Gasteiger partial charge in [0, 0.05) is 28.2 Å². The number of hydrogen-bond acceptors (Lipinski definition) is 4. The molecule has 0 heterocycles. The highest BCUT2D eigenvalue weighted by molar-refractivity contribution is 7.93. The smallest absolute Gasteiger partial charge is 0.268 e. The molecule has 0 atom stereocenters. The summed E-state index contributed by atoms with van der Waals surface area (Å²) in [4.78, 5) is 3.42. The summed E-state index contributed by atoms with van der Waals surface area (Å²) in [5.74, 6) is -0.408. The molecule has 0 aromatic heterocycles. The Balaban J connectivity index is 2.31. The molecule has 0 bridgehead atoms. The Kier molecular flexibility index (Phi) is 5.79. The van der Waals surface area contributed by atoms with Crippen LogP contribution in [0.25, 0.3) is 0 Å². The molecule has 3 aromatic carbocycles. The number of para-hydroxylation sites is 1. The summed E-state index contributed by atoms with van der Waals surface area (Å²) in [5, 5.41) is 0. The lowest BCUT2D eigenvalue weighted by Gasteiger charge is -2.28. The van der Waals surface area contributed by atoms with Gasteiger partial charge >= 0.3 is 0 Å². The molecule has 0 aliphatic rings. The minimum Gasteiger partial charge on any atom is -0.375 e. The van der Waals surface area contributed by atoms with Crippen molar-refractivity contribution in [2.45, 2.75) is 4.90 Å². The summed E-state index contributed by atoms with van der Waals surface area (Å²) < 4.78 is 43.4. The van der Waals surface area contributed by atoms with Gasteiger partial charge in [0.1, 0.15) is 0 Å².